The Morgan fingerprint density at radius 1 is 1.31 bits per heavy atom. The molecule has 5 heteroatoms. The molecule has 5 nitrogen and oxygen atoms in total. The molecule has 0 aliphatic rings. The topological polar surface area (TPSA) is 86.2 Å². The third-order valence-electron chi connectivity index (χ3n) is 1.66. The lowest BCUT2D eigenvalue weighted by Crippen LogP contribution is -2.03. The van der Waals surface area contributed by atoms with Gasteiger partial charge in [0.15, 0.2) is 0 Å². The Hall–Kier alpha value is -2.04. The Bertz CT molecular complexity index is 518. The van der Waals surface area contributed by atoms with Crippen molar-refractivity contribution in [2.75, 3.05) is 0 Å². The molecule has 0 fully saturated rings. The molecule has 2 rings (SSSR count). The smallest absolute Gasteiger partial charge is 0.253 e. The quantitative estimate of drug-likeness (QED) is 0.542. The summed E-state index contributed by atoms with van der Waals surface area (Å²) in [5.74, 6) is -0.253. The van der Waals surface area contributed by atoms with Crippen molar-refractivity contribution < 1.29 is 10.2 Å². The summed E-state index contributed by atoms with van der Waals surface area (Å²) in [6.45, 7) is 0. The molecule has 0 aliphatic carbocycles. The molecule has 66 valence electrons. The van der Waals surface area contributed by atoms with Crippen molar-refractivity contribution in [2.45, 2.75) is 0 Å². The Morgan fingerprint density at radius 2 is 2.08 bits per heavy atom. The molecule has 3 N–H and O–H groups in total. The Kier molecular flexibility index (Phi) is 1.45. The van der Waals surface area contributed by atoms with Gasteiger partial charge in [-0.1, -0.05) is 0 Å². The van der Waals surface area contributed by atoms with E-state index in [4.69, 9.17) is 5.11 Å². The van der Waals surface area contributed by atoms with Crippen LogP contribution in [0.2, 0.25) is 0 Å². The van der Waals surface area contributed by atoms with Crippen molar-refractivity contribution in [1.82, 2.24) is 9.97 Å². The van der Waals surface area contributed by atoms with Gasteiger partial charge in [0.25, 0.3) is 5.56 Å². The maximum atomic E-state index is 10.9. The summed E-state index contributed by atoms with van der Waals surface area (Å²) in [5, 5.41) is 18.7. The summed E-state index contributed by atoms with van der Waals surface area (Å²) in [4.78, 5) is 17.0. The van der Waals surface area contributed by atoms with Gasteiger partial charge in [-0.3, -0.25) is 4.79 Å². The number of hydrogen-bond acceptors (Lipinski definition) is 4. The maximum absolute atomic E-state index is 10.9. The van der Waals surface area contributed by atoms with Gasteiger partial charge in [-0.2, -0.15) is 0 Å². The number of nitrogens with zero attached hydrogens (tertiary/aromatic N) is 1. The maximum Gasteiger partial charge on any atom is 0.253 e. The van der Waals surface area contributed by atoms with Gasteiger partial charge in [-0.25, -0.2) is 4.98 Å². The van der Waals surface area contributed by atoms with Crippen molar-refractivity contribution >= 4 is 11.0 Å². The second-order valence-electron chi connectivity index (χ2n) is 2.61. The Balaban J connectivity index is 2.95. The molecule has 0 bridgehead atoms. The molecule has 0 unspecified atom stereocenters. The fraction of sp³-hybridized carbons (Fsp3) is 0. The number of aromatic amines is 1. The van der Waals surface area contributed by atoms with Crippen molar-refractivity contribution in [1.29, 1.82) is 0 Å². The molecule has 0 saturated heterocycles. The predicted octanol–water partition coefficient (Wildman–Crippen LogP) is 0.334. The van der Waals surface area contributed by atoms with E-state index in [2.05, 4.69) is 9.97 Å². The summed E-state index contributed by atoms with van der Waals surface area (Å²) < 4.78 is 0. The summed E-state index contributed by atoms with van der Waals surface area (Å²) in [6.07, 6.45) is 1.19. The zero-order valence-corrected chi connectivity index (χ0v) is 6.48. The molecule has 2 heterocycles. The summed E-state index contributed by atoms with van der Waals surface area (Å²) in [6, 6.07) is 2.36. The van der Waals surface area contributed by atoms with E-state index in [0.717, 1.165) is 6.07 Å². The van der Waals surface area contributed by atoms with E-state index in [1.165, 1.54) is 12.3 Å². The van der Waals surface area contributed by atoms with Gasteiger partial charge >= 0.3 is 0 Å². The number of hydrogen-bond donors (Lipinski definition) is 3. The number of aromatic nitrogens is 2. The molecule has 0 aromatic carbocycles. The minimum absolute atomic E-state index is 0.0603. The first kappa shape index (κ1) is 7.60. The minimum Gasteiger partial charge on any atom is -0.507 e. The number of H-pyrrole nitrogens is 1. The van der Waals surface area contributed by atoms with Crippen LogP contribution in [0.1, 0.15) is 0 Å². The van der Waals surface area contributed by atoms with Crippen LogP contribution in [-0.4, -0.2) is 20.2 Å². The molecule has 0 spiro atoms. The third-order valence-corrected chi connectivity index (χ3v) is 1.66. The first-order chi connectivity index (χ1) is 6.16. The van der Waals surface area contributed by atoms with Gasteiger partial charge < -0.3 is 15.2 Å². The Morgan fingerprint density at radius 3 is 2.85 bits per heavy atom. The fourth-order valence-corrected chi connectivity index (χ4v) is 1.10. The monoisotopic (exact) mass is 178 g/mol. The Labute approximate surface area is 72.3 Å². The zero-order valence-electron chi connectivity index (χ0n) is 6.48. The van der Waals surface area contributed by atoms with Gasteiger partial charge in [-0.15, -0.1) is 0 Å². The van der Waals surface area contributed by atoms with E-state index in [1.807, 2.05) is 0 Å². The van der Waals surface area contributed by atoms with Gasteiger partial charge in [0.1, 0.15) is 17.1 Å². The van der Waals surface area contributed by atoms with Crippen LogP contribution in [0, 0.1) is 0 Å². The third kappa shape index (κ3) is 1.20. The molecular weight excluding hydrogens is 172 g/mol. The molecule has 2 aromatic rings. The van der Waals surface area contributed by atoms with Crippen LogP contribution in [0.3, 0.4) is 0 Å². The second kappa shape index (κ2) is 2.48. The standard InChI is InChI=1S/C8H6N2O3/c11-4-1-5-6(12)2-7(13)10-8(5)9-3-4/h1-3,11H,(H2,9,10,12,13). The van der Waals surface area contributed by atoms with Crippen LogP contribution in [-0.2, 0) is 0 Å². The second-order valence-corrected chi connectivity index (χ2v) is 2.61. The highest BCUT2D eigenvalue weighted by Gasteiger charge is 2.03. The van der Waals surface area contributed by atoms with E-state index in [9.17, 15) is 9.90 Å². The molecule has 0 saturated carbocycles. The van der Waals surface area contributed by atoms with Crippen molar-refractivity contribution in [3.05, 3.63) is 28.7 Å². The van der Waals surface area contributed by atoms with E-state index in [1.54, 1.807) is 0 Å². The predicted molar refractivity (Wildman–Crippen MR) is 45.7 cm³/mol. The number of pyridine rings is 2. The lowest BCUT2D eigenvalue weighted by molar-refractivity contribution is 0.469. The number of rotatable bonds is 0. The molecular formula is C8H6N2O3. The number of nitrogens with one attached hydrogen (secondary N) is 1. The fourth-order valence-electron chi connectivity index (χ4n) is 1.10. The van der Waals surface area contributed by atoms with Crippen LogP contribution in [0.15, 0.2) is 23.1 Å². The van der Waals surface area contributed by atoms with Gasteiger partial charge in [0.2, 0.25) is 0 Å². The van der Waals surface area contributed by atoms with E-state index >= 15 is 0 Å². The molecule has 2 aromatic heterocycles. The summed E-state index contributed by atoms with van der Waals surface area (Å²) >= 11 is 0. The number of aromatic hydroxyl groups is 2. The largest absolute Gasteiger partial charge is 0.507 e. The molecule has 0 aliphatic heterocycles. The van der Waals surface area contributed by atoms with Crippen LogP contribution in [0.5, 0.6) is 11.5 Å². The van der Waals surface area contributed by atoms with Crippen LogP contribution >= 0.6 is 0 Å². The first-order valence-corrected chi connectivity index (χ1v) is 3.58. The van der Waals surface area contributed by atoms with Gasteiger partial charge in [-0.05, 0) is 6.07 Å². The zero-order chi connectivity index (χ0) is 9.42. The molecule has 0 radical (unpaired) electrons. The van der Waals surface area contributed by atoms with E-state index < -0.39 is 5.56 Å². The van der Waals surface area contributed by atoms with Gasteiger partial charge in [0.05, 0.1) is 11.6 Å². The van der Waals surface area contributed by atoms with Crippen molar-refractivity contribution in [2.24, 2.45) is 0 Å². The lowest BCUT2D eigenvalue weighted by Gasteiger charge is -1.99. The summed E-state index contributed by atoms with van der Waals surface area (Å²) in [5.41, 5.74) is -0.175. The van der Waals surface area contributed by atoms with Crippen LogP contribution < -0.4 is 5.56 Å². The molecule has 0 amide bonds. The van der Waals surface area contributed by atoms with Gasteiger partial charge in [0, 0.05) is 6.07 Å². The summed E-state index contributed by atoms with van der Waals surface area (Å²) in [7, 11) is 0. The van der Waals surface area contributed by atoms with Crippen molar-refractivity contribution in [3.8, 4) is 11.5 Å². The van der Waals surface area contributed by atoms with E-state index in [0.29, 0.717) is 5.39 Å². The van der Waals surface area contributed by atoms with Crippen molar-refractivity contribution in [3.63, 3.8) is 0 Å². The highest BCUT2D eigenvalue weighted by molar-refractivity contribution is 5.82. The minimum atomic E-state index is -0.428. The average molecular weight is 178 g/mol. The molecule has 13 heavy (non-hydrogen) atoms. The average Bonchev–Trinajstić information content (AvgIpc) is 2.06. The highest BCUT2D eigenvalue weighted by atomic mass is 16.3. The van der Waals surface area contributed by atoms with Crippen LogP contribution in [0.25, 0.3) is 11.0 Å². The highest BCUT2D eigenvalue weighted by Crippen LogP contribution is 2.22. The lowest BCUT2D eigenvalue weighted by atomic mass is 10.2. The molecule has 0 atom stereocenters. The van der Waals surface area contributed by atoms with Crippen LogP contribution in [0.4, 0.5) is 0 Å². The normalized spacial score (nSPS) is 10.5. The van der Waals surface area contributed by atoms with E-state index in [-0.39, 0.29) is 17.1 Å². The SMILES string of the molecule is O=c1cc(O)c2cc(O)cnc2[nH]1. The first-order valence-electron chi connectivity index (χ1n) is 3.58. The number of fused-ring (bicyclic) bond motifs is 1.